The van der Waals surface area contributed by atoms with Crippen LogP contribution in [0.1, 0.15) is 39.7 Å². The zero-order chi connectivity index (χ0) is 16.1. The topological polar surface area (TPSA) is 78.6 Å². The number of benzene rings is 1. The molecule has 0 bridgehead atoms. The molecule has 0 fully saturated rings. The summed E-state index contributed by atoms with van der Waals surface area (Å²) in [6.07, 6.45) is 0.969. The number of sulfonamides is 1. The van der Waals surface area contributed by atoms with Gasteiger partial charge in [-0.25, -0.2) is 13.6 Å². The second kappa shape index (κ2) is 7.24. The van der Waals surface area contributed by atoms with E-state index in [-0.39, 0.29) is 10.3 Å². The molecule has 0 aromatic heterocycles. The summed E-state index contributed by atoms with van der Waals surface area (Å²) in [5.74, 6) is 0.662. The molecule has 0 heterocycles. The molecule has 5 nitrogen and oxygen atoms in total. The summed E-state index contributed by atoms with van der Waals surface area (Å²) in [5, 5.41) is 5.19. The van der Waals surface area contributed by atoms with Gasteiger partial charge in [-0.2, -0.15) is 0 Å². The maximum atomic E-state index is 11.5. The van der Waals surface area contributed by atoms with Crippen LogP contribution in [0.2, 0.25) is 0 Å². The average Bonchev–Trinajstić information content (AvgIpc) is 2.36. The molecule has 0 saturated heterocycles. The van der Waals surface area contributed by atoms with Crippen molar-refractivity contribution in [1.82, 2.24) is 0 Å². The highest BCUT2D eigenvalue weighted by atomic mass is 32.2. The molecular weight excluding hydrogens is 290 g/mol. The van der Waals surface area contributed by atoms with Gasteiger partial charge in [-0.05, 0) is 30.0 Å². The lowest BCUT2D eigenvalue weighted by Crippen LogP contribution is -2.18. The van der Waals surface area contributed by atoms with Crippen molar-refractivity contribution < 1.29 is 17.9 Å². The maximum Gasteiger partial charge on any atom is 0.238 e. The molecule has 0 aliphatic heterocycles. The second-order valence-electron chi connectivity index (χ2n) is 5.91. The van der Waals surface area contributed by atoms with Crippen LogP contribution in [0.4, 0.5) is 0 Å². The molecule has 120 valence electrons. The Morgan fingerprint density at radius 2 is 1.81 bits per heavy atom. The second-order valence-corrected chi connectivity index (χ2v) is 7.48. The van der Waals surface area contributed by atoms with Gasteiger partial charge >= 0.3 is 0 Å². The van der Waals surface area contributed by atoms with Crippen LogP contribution in [0, 0.1) is 0 Å². The fraction of sp³-hybridized carbons (Fsp3) is 0.600. The number of ether oxygens (including phenoxy) is 2. The highest BCUT2D eigenvalue weighted by Crippen LogP contribution is 2.33. The van der Waals surface area contributed by atoms with E-state index in [1.165, 1.54) is 6.07 Å². The Balaban J connectivity index is 2.93. The van der Waals surface area contributed by atoms with Crippen molar-refractivity contribution >= 4 is 10.0 Å². The van der Waals surface area contributed by atoms with Crippen molar-refractivity contribution in [3.05, 3.63) is 23.8 Å². The molecule has 1 aromatic rings. The van der Waals surface area contributed by atoms with Crippen molar-refractivity contribution in [1.29, 1.82) is 0 Å². The first-order valence-corrected chi connectivity index (χ1v) is 8.58. The Bertz CT molecular complexity index is 562. The first-order valence-electron chi connectivity index (χ1n) is 7.04. The minimum absolute atomic E-state index is 0.0991. The summed E-state index contributed by atoms with van der Waals surface area (Å²) >= 11 is 0. The van der Waals surface area contributed by atoms with Gasteiger partial charge in [0.1, 0.15) is 12.4 Å². The molecule has 0 radical (unpaired) electrons. The molecule has 6 heteroatoms. The predicted molar refractivity (Wildman–Crippen MR) is 83.1 cm³/mol. The average molecular weight is 315 g/mol. The van der Waals surface area contributed by atoms with Crippen LogP contribution >= 0.6 is 0 Å². The molecule has 0 atom stereocenters. The molecule has 21 heavy (non-hydrogen) atoms. The first kappa shape index (κ1) is 17.9. The van der Waals surface area contributed by atoms with Gasteiger partial charge in [-0.1, -0.05) is 27.7 Å². The van der Waals surface area contributed by atoms with Crippen LogP contribution in [-0.2, 0) is 20.2 Å². The van der Waals surface area contributed by atoms with Crippen LogP contribution in [-0.4, -0.2) is 28.2 Å². The standard InChI is InChI=1S/C15H25NO4S/c1-5-8-19-9-10-20-14-7-6-12(21(16,17)18)11-13(14)15(2,3)4/h6-7,11H,5,8-10H2,1-4H3,(H2,16,17,18). The molecule has 0 aliphatic carbocycles. The Labute approximate surface area is 127 Å². The fourth-order valence-electron chi connectivity index (χ4n) is 1.85. The van der Waals surface area contributed by atoms with Crippen LogP contribution in [0.3, 0.4) is 0 Å². The van der Waals surface area contributed by atoms with Crippen molar-refractivity contribution in [3.8, 4) is 5.75 Å². The number of nitrogens with two attached hydrogens (primary N) is 1. The van der Waals surface area contributed by atoms with E-state index < -0.39 is 10.0 Å². The third-order valence-electron chi connectivity index (χ3n) is 2.92. The van der Waals surface area contributed by atoms with Crippen molar-refractivity contribution in [2.24, 2.45) is 5.14 Å². The minimum atomic E-state index is -3.72. The van der Waals surface area contributed by atoms with E-state index in [0.717, 1.165) is 12.0 Å². The predicted octanol–water partition coefficient (Wildman–Crippen LogP) is 2.44. The van der Waals surface area contributed by atoms with Gasteiger partial charge in [0.05, 0.1) is 11.5 Å². The molecule has 0 amide bonds. The van der Waals surface area contributed by atoms with Gasteiger partial charge in [0.2, 0.25) is 10.0 Å². The zero-order valence-electron chi connectivity index (χ0n) is 13.2. The SMILES string of the molecule is CCCOCCOc1ccc(S(N)(=O)=O)cc1C(C)(C)C. The number of hydrogen-bond donors (Lipinski definition) is 1. The Kier molecular flexibility index (Phi) is 6.19. The maximum absolute atomic E-state index is 11.5. The largest absolute Gasteiger partial charge is 0.491 e. The monoisotopic (exact) mass is 315 g/mol. The molecule has 0 spiro atoms. The molecule has 0 saturated carbocycles. The quantitative estimate of drug-likeness (QED) is 0.784. The summed E-state index contributed by atoms with van der Waals surface area (Å²) in [5.41, 5.74) is 0.560. The Morgan fingerprint density at radius 3 is 2.33 bits per heavy atom. The van der Waals surface area contributed by atoms with E-state index >= 15 is 0 Å². The summed E-state index contributed by atoms with van der Waals surface area (Å²) < 4.78 is 34.0. The molecule has 1 rings (SSSR count). The first-order chi connectivity index (χ1) is 9.66. The lowest BCUT2D eigenvalue weighted by molar-refractivity contribution is 0.0999. The normalized spacial score (nSPS) is 12.4. The van der Waals surface area contributed by atoms with E-state index in [1.54, 1.807) is 12.1 Å². The number of primary sulfonamides is 1. The third-order valence-corrected chi connectivity index (χ3v) is 3.83. The summed E-state index contributed by atoms with van der Waals surface area (Å²) in [7, 11) is -3.72. The van der Waals surface area contributed by atoms with Gasteiger partial charge in [0, 0.05) is 12.2 Å². The van der Waals surface area contributed by atoms with Crippen LogP contribution in [0.25, 0.3) is 0 Å². The molecular formula is C15H25NO4S. The molecule has 1 aromatic carbocycles. The van der Waals surface area contributed by atoms with Gasteiger partial charge in [0.15, 0.2) is 0 Å². The fourth-order valence-corrected chi connectivity index (χ4v) is 2.39. The zero-order valence-corrected chi connectivity index (χ0v) is 14.0. The lowest BCUT2D eigenvalue weighted by atomic mass is 9.86. The molecule has 0 aliphatic rings. The summed E-state index contributed by atoms with van der Waals surface area (Å²) in [6.45, 7) is 9.68. The van der Waals surface area contributed by atoms with Crippen LogP contribution in [0.5, 0.6) is 5.75 Å². The Hall–Kier alpha value is -1.11. The van der Waals surface area contributed by atoms with Crippen LogP contribution in [0.15, 0.2) is 23.1 Å². The van der Waals surface area contributed by atoms with E-state index in [4.69, 9.17) is 14.6 Å². The van der Waals surface area contributed by atoms with E-state index in [1.807, 2.05) is 27.7 Å². The van der Waals surface area contributed by atoms with Gasteiger partial charge < -0.3 is 9.47 Å². The van der Waals surface area contributed by atoms with Crippen molar-refractivity contribution in [3.63, 3.8) is 0 Å². The smallest absolute Gasteiger partial charge is 0.238 e. The summed E-state index contributed by atoms with van der Waals surface area (Å²) in [4.78, 5) is 0.0991. The third kappa shape index (κ3) is 5.65. The van der Waals surface area contributed by atoms with Gasteiger partial charge in [0.25, 0.3) is 0 Å². The molecule has 0 unspecified atom stereocenters. The lowest BCUT2D eigenvalue weighted by Gasteiger charge is -2.23. The minimum Gasteiger partial charge on any atom is -0.491 e. The van der Waals surface area contributed by atoms with E-state index in [2.05, 4.69) is 0 Å². The van der Waals surface area contributed by atoms with Gasteiger partial charge in [-0.15, -0.1) is 0 Å². The van der Waals surface area contributed by atoms with Gasteiger partial charge in [-0.3, -0.25) is 0 Å². The number of rotatable bonds is 7. The van der Waals surface area contributed by atoms with Crippen molar-refractivity contribution in [2.45, 2.75) is 44.4 Å². The van der Waals surface area contributed by atoms with Crippen molar-refractivity contribution in [2.75, 3.05) is 19.8 Å². The van der Waals surface area contributed by atoms with E-state index in [0.29, 0.717) is 25.6 Å². The van der Waals surface area contributed by atoms with E-state index in [9.17, 15) is 8.42 Å². The highest BCUT2D eigenvalue weighted by Gasteiger charge is 2.22. The molecule has 2 N–H and O–H groups in total. The summed E-state index contributed by atoms with van der Waals surface area (Å²) in [6, 6.07) is 4.70. The highest BCUT2D eigenvalue weighted by molar-refractivity contribution is 7.89. The van der Waals surface area contributed by atoms with Crippen LogP contribution < -0.4 is 9.88 Å². The number of hydrogen-bond acceptors (Lipinski definition) is 4. The Morgan fingerprint density at radius 1 is 1.14 bits per heavy atom.